The minimum absolute atomic E-state index is 0.475. The molecule has 1 aliphatic carbocycles. The smallest absolute Gasteiger partial charge is 0.135 e. The Balaban J connectivity index is 1.01. The maximum absolute atomic E-state index is 6.18. The lowest BCUT2D eigenvalue weighted by atomic mass is 9.68. The predicted octanol–water partition coefficient (Wildman–Crippen LogP) is 16.2. The van der Waals surface area contributed by atoms with Crippen molar-refractivity contribution in [3.63, 3.8) is 0 Å². The number of fused-ring (bicyclic) bond motifs is 9. The highest BCUT2D eigenvalue weighted by atomic mass is 16.3. The summed E-state index contributed by atoms with van der Waals surface area (Å²) in [5, 5.41) is 4.75. The third kappa shape index (κ3) is 5.41. The minimum atomic E-state index is -0.475. The zero-order valence-corrected chi connectivity index (χ0v) is 34.9. The van der Waals surface area contributed by atoms with E-state index in [0.717, 1.165) is 55.8 Å². The third-order valence-corrected chi connectivity index (χ3v) is 13.5. The van der Waals surface area contributed by atoms with E-state index < -0.39 is 5.41 Å². The fourth-order valence-electron chi connectivity index (χ4n) is 10.7. The zero-order chi connectivity index (χ0) is 42.2. The molecule has 300 valence electrons. The van der Waals surface area contributed by atoms with Crippen LogP contribution in [0.2, 0.25) is 0 Å². The van der Waals surface area contributed by atoms with Gasteiger partial charge in [0, 0.05) is 44.3 Å². The Morgan fingerprint density at radius 1 is 0.344 bits per heavy atom. The zero-order valence-electron chi connectivity index (χ0n) is 34.9. The second-order valence-corrected chi connectivity index (χ2v) is 16.8. The van der Waals surface area contributed by atoms with E-state index in [9.17, 15) is 0 Å². The average molecular weight is 817 g/mol. The monoisotopic (exact) mass is 816 g/mol. The van der Waals surface area contributed by atoms with Gasteiger partial charge < -0.3 is 13.9 Å². The highest BCUT2D eigenvalue weighted by molar-refractivity contribution is 6.09. The molecule has 64 heavy (non-hydrogen) atoms. The summed E-state index contributed by atoms with van der Waals surface area (Å²) < 4.78 is 8.58. The van der Waals surface area contributed by atoms with Crippen molar-refractivity contribution in [3.8, 4) is 27.9 Å². The van der Waals surface area contributed by atoms with Crippen LogP contribution in [0.5, 0.6) is 0 Å². The lowest BCUT2D eigenvalue weighted by molar-refractivity contribution is 0.669. The van der Waals surface area contributed by atoms with Gasteiger partial charge in [0.1, 0.15) is 11.2 Å². The fraction of sp³-hybridized carbons (Fsp3) is 0.0164. The number of benzene rings is 10. The molecular formula is C61H40N2O. The van der Waals surface area contributed by atoms with E-state index in [1.807, 2.05) is 12.1 Å². The van der Waals surface area contributed by atoms with E-state index in [-0.39, 0.29) is 0 Å². The Morgan fingerprint density at radius 2 is 0.906 bits per heavy atom. The molecule has 0 radical (unpaired) electrons. The molecule has 12 aromatic rings. The van der Waals surface area contributed by atoms with Crippen molar-refractivity contribution in [2.75, 3.05) is 4.90 Å². The summed E-state index contributed by atoms with van der Waals surface area (Å²) in [4.78, 5) is 2.42. The topological polar surface area (TPSA) is 21.3 Å². The summed E-state index contributed by atoms with van der Waals surface area (Å²) in [6.07, 6.45) is 0. The number of anilines is 3. The molecule has 2 aromatic heterocycles. The molecule has 0 aliphatic heterocycles. The predicted molar refractivity (Wildman–Crippen MR) is 265 cm³/mol. The molecule has 0 fully saturated rings. The van der Waals surface area contributed by atoms with Gasteiger partial charge in [0.15, 0.2) is 0 Å². The van der Waals surface area contributed by atoms with Crippen molar-refractivity contribution < 1.29 is 4.42 Å². The summed E-state index contributed by atoms with van der Waals surface area (Å²) >= 11 is 0. The first-order valence-electron chi connectivity index (χ1n) is 22.0. The summed E-state index contributed by atoms with van der Waals surface area (Å²) in [6, 6.07) is 88.4. The summed E-state index contributed by atoms with van der Waals surface area (Å²) in [5.41, 5.74) is 17.9. The largest absolute Gasteiger partial charge is 0.456 e. The summed E-state index contributed by atoms with van der Waals surface area (Å²) in [5.74, 6) is 0. The van der Waals surface area contributed by atoms with Gasteiger partial charge in [0.25, 0.3) is 0 Å². The van der Waals surface area contributed by atoms with Gasteiger partial charge in [-0.15, -0.1) is 0 Å². The van der Waals surface area contributed by atoms with Crippen LogP contribution < -0.4 is 4.90 Å². The van der Waals surface area contributed by atoms with Gasteiger partial charge in [-0.1, -0.05) is 170 Å². The van der Waals surface area contributed by atoms with Crippen LogP contribution in [-0.4, -0.2) is 4.57 Å². The number of rotatable bonds is 7. The number of hydrogen-bond acceptors (Lipinski definition) is 2. The normalized spacial score (nSPS) is 12.8. The number of para-hydroxylation sites is 3. The Kier molecular flexibility index (Phi) is 8.13. The molecule has 0 saturated heterocycles. The minimum Gasteiger partial charge on any atom is -0.456 e. The van der Waals surface area contributed by atoms with Crippen LogP contribution in [0, 0.1) is 0 Å². The molecular weight excluding hydrogens is 777 g/mol. The van der Waals surface area contributed by atoms with E-state index in [2.05, 4.69) is 240 Å². The SMILES string of the molecule is c1ccc(C2(c3ccccc3)c3ccccc3-c3cc(N(c4ccc(-c5ccc6oc7ccccc7c6c5)cc4)c4cccc(-n5c6ccccc6c6ccccc65)c4)ccc32)cc1. The Bertz CT molecular complexity index is 3640. The van der Waals surface area contributed by atoms with Crippen molar-refractivity contribution in [2.45, 2.75) is 5.41 Å². The summed E-state index contributed by atoms with van der Waals surface area (Å²) in [7, 11) is 0. The molecule has 0 unspecified atom stereocenters. The summed E-state index contributed by atoms with van der Waals surface area (Å²) in [6.45, 7) is 0. The van der Waals surface area contributed by atoms with Crippen LogP contribution in [0.4, 0.5) is 17.1 Å². The van der Waals surface area contributed by atoms with Gasteiger partial charge in [0.05, 0.1) is 16.4 Å². The second-order valence-electron chi connectivity index (χ2n) is 16.8. The van der Waals surface area contributed by atoms with Crippen molar-refractivity contribution >= 4 is 60.8 Å². The molecule has 0 saturated carbocycles. The second kappa shape index (κ2) is 14.3. The molecule has 10 aromatic carbocycles. The highest BCUT2D eigenvalue weighted by Gasteiger charge is 2.46. The molecule has 0 spiro atoms. The van der Waals surface area contributed by atoms with E-state index in [1.165, 1.54) is 55.2 Å². The maximum atomic E-state index is 6.18. The Labute approximate surface area is 371 Å². The van der Waals surface area contributed by atoms with Gasteiger partial charge in [-0.25, -0.2) is 0 Å². The first-order chi connectivity index (χ1) is 31.7. The van der Waals surface area contributed by atoms with Crippen molar-refractivity contribution in [2.24, 2.45) is 0 Å². The van der Waals surface area contributed by atoms with Crippen LogP contribution in [-0.2, 0) is 5.41 Å². The van der Waals surface area contributed by atoms with E-state index >= 15 is 0 Å². The van der Waals surface area contributed by atoms with Crippen molar-refractivity contribution in [1.29, 1.82) is 0 Å². The van der Waals surface area contributed by atoms with Crippen molar-refractivity contribution in [3.05, 3.63) is 265 Å². The molecule has 0 N–H and O–H groups in total. The first-order valence-corrected chi connectivity index (χ1v) is 22.0. The fourth-order valence-corrected chi connectivity index (χ4v) is 10.7. The maximum Gasteiger partial charge on any atom is 0.135 e. The quantitative estimate of drug-likeness (QED) is 0.160. The van der Waals surface area contributed by atoms with Gasteiger partial charge in [-0.2, -0.15) is 0 Å². The van der Waals surface area contributed by atoms with Gasteiger partial charge in [0.2, 0.25) is 0 Å². The van der Waals surface area contributed by atoms with Crippen LogP contribution in [0.3, 0.4) is 0 Å². The molecule has 3 heteroatoms. The number of aromatic nitrogens is 1. The molecule has 1 aliphatic rings. The third-order valence-electron chi connectivity index (χ3n) is 13.5. The lowest BCUT2D eigenvalue weighted by Crippen LogP contribution is -2.28. The molecule has 2 heterocycles. The van der Waals surface area contributed by atoms with Gasteiger partial charge >= 0.3 is 0 Å². The molecule has 0 bridgehead atoms. The van der Waals surface area contributed by atoms with E-state index in [1.54, 1.807) is 0 Å². The number of furan rings is 1. The molecule has 0 amide bonds. The van der Waals surface area contributed by atoms with Crippen LogP contribution >= 0.6 is 0 Å². The van der Waals surface area contributed by atoms with Gasteiger partial charge in [-0.05, 0) is 117 Å². The molecule has 3 nitrogen and oxygen atoms in total. The van der Waals surface area contributed by atoms with Crippen LogP contribution in [0.25, 0.3) is 71.7 Å². The number of nitrogens with zero attached hydrogens (tertiary/aromatic N) is 2. The molecule has 13 rings (SSSR count). The number of hydrogen-bond donors (Lipinski definition) is 0. The van der Waals surface area contributed by atoms with Crippen molar-refractivity contribution in [1.82, 2.24) is 4.57 Å². The Hall–Kier alpha value is -8.40. The first kappa shape index (κ1) is 36.3. The van der Waals surface area contributed by atoms with Crippen LogP contribution in [0.15, 0.2) is 247 Å². The highest BCUT2D eigenvalue weighted by Crippen LogP contribution is 2.57. The van der Waals surface area contributed by atoms with E-state index in [0.29, 0.717) is 0 Å². The molecule has 0 atom stereocenters. The standard InChI is InChI=1S/C61H40N2O/c1-3-16-43(17-4-1)61(44-18-5-2-6-19-44)55-26-11-7-22-49(55)53-40-48(35-36-56(53)61)62(45-33-30-41(31-34-45)42-32-37-60-54(38-42)52-25-10-14-29-59(52)64-60)46-20-15-21-47(39-46)63-57-27-12-8-23-50(57)51-24-9-13-28-58(51)63/h1-40H. The van der Waals surface area contributed by atoms with E-state index in [4.69, 9.17) is 4.42 Å². The average Bonchev–Trinajstić information content (AvgIpc) is 4.01. The lowest BCUT2D eigenvalue weighted by Gasteiger charge is -2.34. The van der Waals surface area contributed by atoms with Gasteiger partial charge in [-0.3, -0.25) is 0 Å². The van der Waals surface area contributed by atoms with Crippen LogP contribution in [0.1, 0.15) is 22.3 Å². The Morgan fingerprint density at radius 3 is 1.64 bits per heavy atom.